The fourth-order valence-corrected chi connectivity index (χ4v) is 1.84. The third-order valence-electron chi connectivity index (χ3n) is 2.90. The van der Waals surface area contributed by atoms with Crippen LogP contribution in [0.3, 0.4) is 0 Å². The van der Waals surface area contributed by atoms with Gasteiger partial charge in [0.1, 0.15) is 0 Å². The summed E-state index contributed by atoms with van der Waals surface area (Å²) in [6.07, 6.45) is 1.10. The van der Waals surface area contributed by atoms with Gasteiger partial charge in [-0.15, -0.1) is 10.2 Å². The molecule has 0 spiro atoms. The SMILES string of the molecule is Cc1c(Cl)nnc(N(C)CCCN(C)C)c1C. The Morgan fingerprint density at radius 3 is 2.24 bits per heavy atom. The zero-order valence-corrected chi connectivity index (χ0v) is 12.0. The maximum absolute atomic E-state index is 5.94. The van der Waals surface area contributed by atoms with E-state index in [1.165, 1.54) is 0 Å². The molecule has 0 fully saturated rings. The van der Waals surface area contributed by atoms with Crippen molar-refractivity contribution in [1.82, 2.24) is 15.1 Å². The largest absolute Gasteiger partial charge is 0.358 e. The molecule has 0 saturated carbocycles. The minimum absolute atomic E-state index is 0.493. The molecule has 0 saturated heterocycles. The quantitative estimate of drug-likeness (QED) is 0.808. The zero-order valence-electron chi connectivity index (χ0n) is 11.3. The fourth-order valence-electron chi connectivity index (χ4n) is 1.66. The van der Waals surface area contributed by atoms with Crippen molar-refractivity contribution in [3.63, 3.8) is 0 Å². The van der Waals surface area contributed by atoms with Crippen LogP contribution in [0.5, 0.6) is 0 Å². The molecule has 1 aromatic rings. The smallest absolute Gasteiger partial charge is 0.155 e. The maximum Gasteiger partial charge on any atom is 0.155 e. The van der Waals surface area contributed by atoms with Crippen molar-refractivity contribution in [2.45, 2.75) is 20.3 Å². The summed E-state index contributed by atoms with van der Waals surface area (Å²) in [6, 6.07) is 0. The predicted octanol–water partition coefficient (Wildman–Crippen LogP) is 2.13. The van der Waals surface area contributed by atoms with Gasteiger partial charge in [0, 0.05) is 13.6 Å². The Kier molecular flexibility index (Phi) is 5.15. The summed E-state index contributed by atoms with van der Waals surface area (Å²) >= 11 is 5.94. The standard InChI is InChI=1S/C12H21ClN4/c1-9-10(2)12(15-14-11(9)13)17(5)8-6-7-16(3)4/h6-8H2,1-5H3. The molecular formula is C12H21ClN4. The maximum atomic E-state index is 5.94. The van der Waals surface area contributed by atoms with Crippen molar-refractivity contribution in [3.05, 3.63) is 16.3 Å². The predicted molar refractivity (Wildman–Crippen MR) is 73.0 cm³/mol. The first-order valence-electron chi connectivity index (χ1n) is 5.78. The number of hydrogen-bond acceptors (Lipinski definition) is 4. The molecule has 0 radical (unpaired) electrons. The van der Waals surface area contributed by atoms with Crippen molar-refractivity contribution < 1.29 is 0 Å². The van der Waals surface area contributed by atoms with Gasteiger partial charge in [0.25, 0.3) is 0 Å². The van der Waals surface area contributed by atoms with E-state index in [1.807, 2.05) is 20.9 Å². The Labute approximate surface area is 109 Å². The van der Waals surface area contributed by atoms with E-state index in [2.05, 4.69) is 34.1 Å². The molecule has 0 aliphatic carbocycles. The van der Waals surface area contributed by atoms with Crippen LogP contribution in [0.15, 0.2) is 0 Å². The molecule has 0 aliphatic heterocycles. The Morgan fingerprint density at radius 2 is 1.65 bits per heavy atom. The second kappa shape index (κ2) is 6.17. The summed E-state index contributed by atoms with van der Waals surface area (Å²) in [6.45, 7) is 6.05. The van der Waals surface area contributed by atoms with Crippen molar-refractivity contribution in [3.8, 4) is 0 Å². The third-order valence-corrected chi connectivity index (χ3v) is 3.26. The van der Waals surface area contributed by atoms with Crippen molar-refractivity contribution >= 4 is 17.4 Å². The van der Waals surface area contributed by atoms with Gasteiger partial charge in [-0.2, -0.15) is 0 Å². The van der Waals surface area contributed by atoms with Gasteiger partial charge in [0.15, 0.2) is 11.0 Å². The first-order chi connectivity index (χ1) is 7.93. The van der Waals surface area contributed by atoms with E-state index in [4.69, 9.17) is 11.6 Å². The minimum atomic E-state index is 0.493. The molecular weight excluding hydrogens is 236 g/mol. The summed E-state index contributed by atoms with van der Waals surface area (Å²) in [7, 11) is 6.20. The molecule has 0 N–H and O–H groups in total. The number of halogens is 1. The Balaban J connectivity index is 2.69. The van der Waals surface area contributed by atoms with E-state index in [0.29, 0.717) is 5.15 Å². The molecule has 0 bridgehead atoms. The number of aromatic nitrogens is 2. The van der Waals surface area contributed by atoms with Crippen molar-refractivity contribution in [2.24, 2.45) is 0 Å². The highest BCUT2D eigenvalue weighted by Crippen LogP contribution is 2.22. The summed E-state index contributed by atoms with van der Waals surface area (Å²) in [4.78, 5) is 4.31. The normalized spacial score (nSPS) is 11.0. The molecule has 0 aliphatic rings. The highest BCUT2D eigenvalue weighted by atomic mass is 35.5. The summed E-state index contributed by atoms with van der Waals surface area (Å²) in [5.74, 6) is 0.922. The van der Waals surface area contributed by atoms with Crippen LogP contribution in [-0.4, -0.2) is 49.3 Å². The molecule has 1 aromatic heterocycles. The van der Waals surface area contributed by atoms with Crippen LogP contribution in [0.4, 0.5) is 5.82 Å². The number of hydrogen-bond donors (Lipinski definition) is 0. The highest BCUT2D eigenvalue weighted by molar-refractivity contribution is 6.30. The van der Waals surface area contributed by atoms with Crippen molar-refractivity contribution in [1.29, 1.82) is 0 Å². The van der Waals surface area contributed by atoms with Gasteiger partial charge in [-0.3, -0.25) is 0 Å². The molecule has 1 rings (SSSR count). The van der Waals surface area contributed by atoms with Gasteiger partial charge in [0.05, 0.1) is 0 Å². The van der Waals surface area contributed by atoms with Crippen LogP contribution < -0.4 is 4.90 Å². The van der Waals surface area contributed by atoms with Gasteiger partial charge in [-0.1, -0.05) is 11.6 Å². The Morgan fingerprint density at radius 1 is 1.00 bits per heavy atom. The van der Waals surface area contributed by atoms with Gasteiger partial charge >= 0.3 is 0 Å². The van der Waals surface area contributed by atoms with Gasteiger partial charge in [-0.05, 0) is 52.0 Å². The topological polar surface area (TPSA) is 32.3 Å². The molecule has 4 nitrogen and oxygen atoms in total. The molecule has 96 valence electrons. The third kappa shape index (κ3) is 3.82. The number of rotatable bonds is 5. The lowest BCUT2D eigenvalue weighted by molar-refractivity contribution is 0.401. The van der Waals surface area contributed by atoms with E-state index in [9.17, 15) is 0 Å². The highest BCUT2D eigenvalue weighted by Gasteiger charge is 2.11. The van der Waals surface area contributed by atoms with Crippen LogP contribution in [0.25, 0.3) is 0 Å². The lowest BCUT2D eigenvalue weighted by Crippen LogP contribution is -2.25. The molecule has 0 amide bonds. The molecule has 1 heterocycles. The van der Waals surface area contributed by atoms with Crippen LogP contribution in [0.1, 0.15) is 17.5 Å². The minimum Gasteiger partial charge on any atom is -0.358 e. The summed E-state index contributed by atoms with van der Waals surface area (Å²) in [5.41, 5.74) is 2.12. The first kappa shape index (κ1) is 14.2. The average molecular weight is 257 g/mol. The van der Waals surface area contributed by atoms with E-state index in [0.717, 1.165) is 36.5 Å². The second-order valence-corrected chi connectivity index (χ2v) is 5.00. The van der Waals surface area contributed by atoms with Crippen LogP contribution in [0.2, 0.25) is 5.15 Å². The lowest BCUT2D eigenvalue weighted by atomic mass is 10.2. The van der Waals surface area contributed by atoms with Crippen LogP contribution >= 0.6 is 11.6 Å². The number of anilines is 1. The van der Waals surface area contributed by atoms with Gasteiger partial charge < -0.3 is 9.80 Å². The second-order valence-electron chi connectivity index (χ2n) is 4.64. The molecule has 0 unspecified atom stereocenters. The van der Waals surface area contributed by atoms with E-state index in [1.54, 1.807) is 0 Å². The van der Waals surface area contributed by atoms with Gasteiger partial charge in [0.2, 0.25) is 0 Å². The Bertz CT molecular complexity index is 379. The summed E-state index contributed by atoms with van der Waals surface area (Å²) < 4.78 is 0. The zero-order chi connectivity index (χ0) is 13.0. The lowest BCUT2D eigenvalue weighted by Gasteiger charge is -2.21. The van der Waals surface area contributed by atoms with Gasteiger partial charge in [-0.25, -0.2) is 0 Å². The number of nitrogens with zero attached hydrogens (tertiary/aromatic N) is 4. The fraction of sp³-hybridized carbons (Fsp3) is 0.667. The van der Waals surface area contributed by atoms with E-state index >= 15 is 0 Å². The summed E-state index contributed by atoms with van der Waals surface area (Å²) in [5, 5.41) is 8.63. The molecule has 0 atom stereocenters. The first-order valence-corrected chi connectivity index (χ1v) is 6.16. The Hall–Kier alpha value is -0.870. The van der Waals surface area contributed by atoms with Crippen LogP contribution in [-0.2, 0) is 0 Å². The average Bonchev–Trinajstić information content (AvgIpc) is 2.25. The molecule has 5 heteroatoms. The molecule has 17 heavy (non-hydrogen) atoms. The monoisotopic (exact) mass is 256 g/mol. The van der Waals surface area contributed by atoms with Crippen molar-refractivity contribution in [2.75, 3.05) is 39.1 Å². The van der Waals surface area contributed by atoms with E-state index < -0.39 is 0 Å². The molecule has 0 aromatic carbocycles. The van der Waals surface area contributed by atoms with Crippen LogP contribution in [0, 0.1) is 13.8 Å². The van der Waals surface area contributed by atoms with E-state index in [-0.39, 0.29) is 0 Å².